The number of rotatable bonds is 1. The van der Waals surface area contributed by atoms with Crippen molar-refractivity contribution < 1.29 is 0 Å². The second kappa shape index (κ2) is 3.37. The zero-order chi connectivity index (χ0) is 10.1. The second-order valence-corrected chi connectivity index (χ2v) is 3.91. The number of aryl methyl sites for hydroxylation is 1. The van der Waals surface area contributed by atoms with E-state index in [2.05, 4.69) is 36.8 Å². The summed E-state index contributed by atoms with van der Waals surface area (Å²) >= 11 is 0. The molecule has 2 heteroatoms. The molecule has 2 rings (SSSR count). The Morgan fingerprint density at radius 3 is 2.79 bits per heavy atom. The van der Waals surface area contributed by atoms with Crippen molar-refractivity contribution in [3.8, 4) is 0 Å². The summed E-state index contributed by atoms with van der Waals surface area (Å²) in [5.41, 5.74) is 3.46. The van der Waals surface area contributed by atoms with E-state index in [0.29, 0.717) is 5.92 Å². The smallest absolute Gasteiger partial charge is 0.0738 e. The van der Waals surface area contributed by atoms with Gasteiger partial charge in [0, 0.05) is 23.5 Å². The average molecular weight is 186 g/mol. The van der Waals surface area contributed by atoms with Gasteiger partial charge in [-0.3, -0.25) is 9.97 Å². The van der Waals surface area contributed by atoms with E-state index in [1.165, 1.54) is 5.56 Å². The van der Waals surface area contributed by atoms with E-state index in [9.17, 15) is 0 Å². The molecule has 0 unspecified atom stereocenters. The highest BCUT2D eigenvalue weighted by atomic mass is 14.7. The molecule has 0 bridgehead atoms. The van der Waals surface area contributed by atoms with Crippen molar-refractivity contribution in [3.05, 3.63) is 35.8 Å². The van der Waals surface area contributed by atoms with Gasteiger partial charge < -0.3 is 0 Å². The summed E-state index contributed by atoms with van der Waals surface area (Å²) in [5, 5.41) is 1.15. The molecular weight excluding hydrogens is 172 g/mol. The van der Waals surface area contributed by atoms with E-state index in [4.69, 9.17) is 0 Å². The lowest BCUT2D eigenvalue weighted by Gasteiger charge is -2.08. The van der Waals surface area contributed by atoms with E-state index in [-0.39, 0.29) is 0 Å². The Balaban J connectivity index is 2.72. The van der Waals surface area contributed by atoms with Crippen LogP contribution in [0.1, 0.15) is 31.0 Å². The van der Waals surface area contributed by atoms with Gasteiger partial charge in [-0.2, -0.15) is 0 Å². The molecule has 0 aliphatic heterocycles. The van der Waals surface area contributed by atoms with Crippen molar-refractivity contribution in [1.82, 2.24) is 9.97 Å². The number of fused-ring (bicyclic) bond motifs is 1. The molecule has 2 nitrogen and oxygen atoms in total. The van der Waals surface area contributed by atoms with Crippen molar-refractivity contribution >= 4 is 10.9 Å². The Bertz CT molecular complexity index is 461. The molecule has 0 saturated carbocycles. The summed E-state index contributed by atoms with van der Waals surface area (Å²) in [4.78, 5) is 8.70. The van der Waals surface area contributed by atoms with Gasteiger partial charge in [0.05, 0.1) is 5.52 Å². The molecule has 0 amide bonds. The van der Waals surface area contributed by atoms with Gasteiger partial charge in [0.15, 0.2) is 0 Å². The highest BCUT2D eigenvalue weighted by molar-refractivity contribution is 5.81. The van der Waals surface area contributed by atoms with Gasteiger partial charge in [-0.05, 0) is 30.5 Å². The third-order valence-corrected chi connectivity index (χ3v) is 2.43. The van der Waals surface area contributed by atoms with E-state index < -0.39 is 0 Å². The molecule has 0 N–H and O–H groups in total. The molecular formula is C12H14N2. The summed E-state index contributed by atoms with van der Waals surface area (Å²) in [6, 6.07) is 4.11. The van der Waals surface area contributed by atoms with Crippen LogP contribution in [-0.2, 0) is 0 Å². The fourth-order valence-corrected chi connectivity index (χ4v) is 1.56. The van der Waals surface area contributed by atoms with Crippen LogP contribution in [0.2, 0.25) is 0 Å². The van der Waals surface area contributed by atoms with Crippen LogP contribution in [0.25, 0.3) is 10.9 Å². The maximum absolute atomic E-state index is 4.60. The molecule has 2 heterocycles. The molecule has 0 radical (unpaired) electrons. The first-order valence-electron chi connectivity index (χ1n) is 4.90. The highest BCUT2D eigenvalue weighted by Crippen LogP contribution is 2.20. The predicted octanol–water partition coefficient (Wildman–Crippen LogP) is 3.06. The Labute approximate surface area is 84.0 Å². The maximum atomic E-state index is 4.60. The third kappa shape index (κ3) is 1.48. The van der Waals surface area contributed by atoms with Gasteiger partial charge in [-0.15, -0.1) is 0 Å². The summed E-state index contributed by atoms with van der Waals surface area (Å²) in [6.45, 7) is 6.43. The van der Waals surface area contributed by atoms with Crippen molar-refractivity contribution in [3.63, 3.8) is 0 Å². The van der Waals surface area contributed by atoms with Crippen molar-refractivity contribution in [1.29, 1.82) is 0 Å². The van der Waals surface area contributed by atoms with Crippen LogP contribution in [0.3, 0.4) is 0 Å². The molecule has 2 aromatic heterocycles. The van der Waals surface area contributed by atoms with Crippen molar-refractivity contribution in [2.75, 3.05) is 0 Å². The van der Waals surface area contributed by atoms with Gasteiger partial charge in [-0.25, -0.2) is 0 Å². The van der Waals surface area contributed by atoms with Gasteiger partial charge in [0.25, 0.3) is 0 Å². The molecule has 0 aliphatic rings. The minimum atomic E-state index is 0.478. The van der Waals surface area contributed by atoms with Gasteiger partial charge in [0.1, 0.15) is 0 Å². The molecule has 2 aromatic rings. The summed E-state index contributed by atoms with van der Waals surface area (Å²) in [7, 11) is 0. The fraction of sp³-hybridized carbons (Fsp3) is 0.333. The first-order valence-corrected chi connectivity index (χ1v) is 4.90. The van der Waals surface area contributed by atoms with Crippen LogP contribution in [-0.4, -0.2) is 9.97 Å². The third-order valence-electron chi connectivity index (χ3n) is 2.43. The number of aromatic nitrogens is 2. The van der Waals surface area contributed by atoms with Crippen LogP contribution < -0.4 is 0 Å². The molecule has 0 atom stereocenters. The largest absolute Gasteiger partial charge is 0.264 e. The second-order valence-electron chi connectivity index (χ2n) is 3.91. The standard InChI is InChI=1S/C12H14N2/c1-8(2)12-6-9(3)10-7-13-5-4-11(10)14-12/h4-8H,1-3H3. The quantitative estimate of drug-likeness (QED) is 0.684. The lowest BCUT2D eigenvalue weighted by Crippen LogP contribution is -1.95. The monoisotopic (exact) mass is 186 g/mol. The minimum absolute atomic E-state index is 0.478. The number of hydrogen-bond acceptors (Lipinski definition) is 2. The lowest BCUT2D eigenvalue weighted by atomic mass is 10.1. The van der Waals surface area contributed by atoms with Crippen LogP contribution in [0.4, 0.5) is 0 Å². The van der Waals surface area contributed by atoms with Crippen molar-refractivity contribution in [2.24, 2.45) is 0 Å². The molecule has 14 heavy (non-hydrogen) atoms. The van der Waals surface area contributed by atoms with Crippen LogP contribution >= 0.6 is 0 Å². The molecule has 0 spiro atoms. The minimum Gasteiger partial charge on any atom is -0.264 e. The van der Waals surface area contributed by atoms with Crippen molar-refractivity contribution in [2.45, 2.75) is 26.7 Å². The van der Waals surface area contributed by atoms with Gasteiger partial charge >= 0.3 is 0 Å². The van der Waals surface area contributed by atoms with Crippen LogP contribution in [0.5, 0.6) is 0 Å². The zero-order valence-electron chi connectivity index (χ0n) is 8.78. The summed E-state index contributed by atoms with van der Waals surface area (Å²) < 4.78 is 0. The van der Waals surface area contributed by atoms with Crippen LogP contribution in [0, 0.1) is 6.92 Å². The Hall–Kier alpha value is -1.44. The zero-order valence-corrected chi connectivity index (χ0v) is 8.78. The molecule has 0 aromatic carbocycles. The Kier molecular flexibility index (Phi) is 2.20. The van der Waals surface area contributed by atoms with Gasteiger partial charge in [-0.1, -0.05) is 13.8 Å². The van der Waals surface area contributed by atoms with E-state index >= 15 is 0 Å². The summed E-state index contributed by atoms with van der Waals surface area (Å²) in [6.07, 6.45) is 3.67. The van der Waals surface area contributed by atoms with Crippen LogP contribution in [0.15, 0.2) is 24.5 Å². The van der Waals surface area contributed by atoms with E-state index in [0.717, 1.165) is 16.6 Å². The van der Waals surface area contributed by atoms with Gasteiger partial charge in [0.2, 0.25) is 0 Å². The maximum Gasteiger partial charge on any atom is 0.0738 e. The van der Waals surface area contributed by atoms with E-state index in [1.54, 1.807) is 6.20 Å². The highest BCUT2D eigenvalue weighted by Gasteiger charge is 2.05. The Morgan fingerprint density at radius 2 is 2.07 bits per heavy atom. The molecule has 0 saturated heterocycles. The SMILES string of the molecule is Cc1cc(C(C)C)nc2ccncc12. The first kappa shape index (κ1) is 9.13. The average Bonchev–Trinajstić information content (AvgIpc) is 2.17. The summed E-state index contributed by atoms with van der Waals surface area (Å²) in [5.74, 6) is 0.478. The number of pyridine rings is 2. The topological polar surface area (TPSA) is 25.8 Å². The first-order chi connectivity index (χ1) is 6.68. The molecule has 72 valence electrons. The fourth-order valence-electron chi connectivity index (χ4n) is 1.56. The Morgan fingerprint density at radius 1 is 1.29 bits per heavy atom. The number of nitrogens with zero attached hydrogens (tertiary/aromatic N) is 2. The lowest BCUT2D eigenvalue weighted by molar-refractivity contribution is 0.828. The molecule has 0 fully saturated rings. The number of hydrogen-bond donors (Lipinski definition) is 0. The normalized spacial score (nSPS) is 11.1. The predicted molar refractivity (Wildman–Crippen MR) is 58.4 cm³/mol. The van der Waals surface area contributed by atoms with E-state index in [1.807, 2.05) is 12.3 Å². The molecule has 0 aliphatic carbocycles.